The highest BCUT2D eigenvalue weighted by Crippen LogP contribution is 2.28. The van der Waals surface area contributed by atoms with Crippen LogP contribution in [-0.4, -0.2) is 55.6 Å². The third-order valence-electron chi connectivity index (χ3n) is 4.73. The highest BCUT2D eigenvalue weighted by Gasteiger charge is 2.43. The SMILES string of the molecule is COCCNC(=O)C1(Nc2ccccc2)CCCN(C(=O)c2ccsc2)C1. The molecular formula is C20H25N3O3S. The van der Waals surface area contributed by atoms with Crippen molar-refractivity contribution < 1.29 is 14.3 Å². The Morgan fingerprint density at radius 3 is 2.78 bits per heavy atom. The number of nitrogens with zero attached hydrogens (tertiary/aromatic N) is 1. The first-order chi connectivity index (χ1) is 13.1. The predicted molar refractivity (Wildman–Crippen MR) is 107 cm³/mol. The lowest BCUT2D eigenvalue weighted by Crippen LogP contribution is -2.62. The average molecular weight is 388 g/mol. The van der Waals surface area contributed by atoms with Crippen LogP contribution >= 0.6 is 11.3 Å². The van der Waals surface area contributed by atoms with Gasteiger partial charge in [0.25, 0.3) is 5.91 Å². The number of methoxy groups -OCH3 is 1. The number of hydrogen-bond donors (Lipinski definition) is 2. The van der Waals surface area contributed by atoms with Gasteiger partial charge in [-0.05, 0) is 36.4 Å². The smallest absolute Gasteiger partial charge is 0.254 e. The van der Waals surface area contributed by atoms with Crippen LogP contribution in [0.5, 0.6) is 0 Å². The number of para-hydroxylation sites is 1. The summed E-state index contributed by atoms with van der Waals surface area (Å²) in [5, 5.41) is 10.1. The van der Waals surface area contributed by atoms with Gasteiger partial charge in [-0.3, -0.25) is 9.59 Å². The van der Waals surface area contributed by atoms with Crippen LogP contribution in [0, 0.1) is 0 Å². The Kier molecular flexibility index (Phi) is 6.47. The monoisotopic (exact) mass is 387 g/mol. The van der Waals surface area contributed by atoms with Gasteiger partial charge in [-0.2, -0.15) is 11.3 Å². The third kappa shape index (κ3) is 4.67. The summed E-state index contributed by atoms with van der Waals surface area (Å²) >= 11 is 1.50. The molecule has 0 spiro atoms. The van der Waals surface area contributed by atoms with E-state index in [0.29, 0.717) is 38.2 Å². The molecular weight excluding hydrogens is 362 g/mol. The number of rotatable bonds is 7. The van der Waals surface area contributed by atoms with Gasteiger partial charge in [-0.25, -0.2) is 0 Å². The third-order valence-corrected chi connectivity index (χ3v) is 5.41. The second-order valence-electron chi connectivity index (χ2n) is 6.66. The first kappa shape index (κ1) is 19.4. The zero-order chi connectivity index (χ0) is 19.1. The number of anilines is 1. The number of piperidine rings is 1. The van der Waals surface area contributed by atoms with E-state index < -0.39 is 5.54 Å². The van der Waals surface area contributed by atoms with Gasteiger partial charge in [0.2, 0.25) is 5.91 Å². The summed E-state index contributed by atoms with van der Waals surface area (Å²) in [5.41, 5.74) is 0.679. The molecule has 0 radical (unpaired) electrons. The van der Waals surface area contributed by atoms with Gasteiger partial charge in [0.05, 0.1) is 18.7 Å². The van der Waals surface area contributed by atoms with Crippen LogP contribution in [0.2, 0.25) is 0 Å². The number of ether oxygens (including phenoxy) is 1. The summed E-state index contributed by atoms with van der Waals surface area (Å²) < 4.78 is 5.04. The summed E-state index contributed by atoms with van der Waals surface area (Å²) in [6.07, 6.45) is 1.42. The molecule has 2 N–H and O–H groups in total. The molecule has 2 aromatic rings. The zero-order valence-corrected chi connectivity index (χ0v) is 16.3. The Hall–Kier alpha value is -2.38. The molecule has 6 nitrogen and oxygen atoms in total. The fraction of sp³-hybridized carbons (Fsp3) is 0.400. The van der Waals surface area contributed by atoms with E-state index in [4.69, 9.17) is 4.74 Å². The van der Waals surface area contributed by atoms with E-state index in [1.165, 1.54) is 11.3 Å². The fourth-order valence-corrected chi connectivity index (χ4v) is 4.01. The molecule has 1 unspecified atom stereocenters. The van der Waals surface area contributed by atoms with Crippen LogP contribution in [0.25, 0.3) is 0 Å². The Morgan fingerprint density at radius 1 is 1.26 bits per heavy atom. The zero-order valence-electron chi connectivity index (χ0n) is 15.4. The minimum absolute atomic E-state index is 0.0279. The summed E-state index contributed by atoms with van der Waals surface area (Å²) in [6.45, 7) is 1.87. The van der Waals surface area contributed by atoms with Crippen molar-refractivity contribution in [2.45, 2.75) is 18.4 Å². The lowest BCUT2D eigenvalue weighted by Gasteiger charge is -2.42. The Labute approximate surface area is 163 Å². The Bertz CT molecular complexity index is 751. The maximum atomic E-state index is 13.1. The average Bonchev–Trinajstić information content (AvgIpc) is 3.23. The number of benzene rings is 1. The van der Waals surface area contributed by atoms with E-state index in [9.17, 15) is 9.59 Å². The summed E-state index contributed by atoms with van der Waals surface area (Å²) in [7, 11) is 1.60. The van der Waals surface area contributed by atoms with Crippen LogP contribution in [-0.2, 0) is 9.53 Å². The van der Waals surface area contributed by atoms with Crippen LogP contribution in [0.15, 0.2) is 47.2 Å². The van der Waals surface area contributed by atoms with Gasteiger partial charge >= 0.3 is 0 Å². The molecule has 2 amide bonds. The Balaban J connectivity index is 1.81. The van der Waals surface area contributed by atoms with Gasteiger partial charge < -0.3 is 20.3 Å². The van der Waals surface area contributed by atoms with Crippen molar-refractivity contribution in [3.05, 3.63) is 52.7 Å². The van der Waals surface area contributed by atoms with E-state index >= 15 is 0 Å². The van der Waals surface area contributed by atoms with Crippen molar-refractivity contribution in [1.82, 2.24) is 10.2 Å². The second-order valence-corrected chi connectivity index (χ2v) is 7.44. The van der Waals surface area contributed by atoms with Crippen molar-refractivity contribution >= 4 is 28.8 Å². The molecule has 1 aliphatic rings. The predicted octanol–water partition coefficient (Wildman–Crippen LogP) is 2.60. The maximum Gasteiger partial charge on any atom is 0.254 e. The van der Waals surface area contributed by atoms with Crippen molar-refractivity contribution in [2.75, 3.05) is 38.7 Å². The molecule has 27 heavy (non-hydrogen) atoms. The summed E-state index contributed by atoms with van der Waals surface area (Å²) in [5.74, 6) is -0.133. The lowest BCUT2D eigenvalue weighted by molar-refractivity contribution is -0.127. The maximum absolute atomic E-state index is 13.1. The number of carbonyl (C=O) groups is 2. The molecule has 1 aromatic carbocycles. The lowest BCUT2D eigenvalue weighted by atomic mass is 9.87. The van der Waals surface area contributed by atoms with Crippen molar-refractivity contribution in [3.63, 3.8) is 0 Å². The van der Waals surface area contributed by atoms with Gasteiger partial charge in [0.1, 0.15) is 5.54 Å². The van der Waals surface area contributed by atoms with E-state index in [1.807, 2.05) is 47.2 Å². The number of nitrogens with one attached hydrogen (secondary N) is 2. The minimum Gasteiger partial charge on any atom is -0.383 e. The minimum atomic E-state index is -0.862. The molecule has 1 atom stereocenters. The molecule has 1 saturated heterocycles. The molecule has 2 heterocycles. The summed E-state index contributed by atoms with van der Waals surface area (Å²) in [4.78, 5) is 27.7. The largest absolute Gasteiger partial charge is 0.383 e. The first-order valence-corrected chi connectivity index (χ1v) is 10.0. The standard InChI is InChI=1S/C20H25N3O3S/c1-26-12-10-21-19(25)20(22-17-6-3-2-4-7-17)9-5-11-23(15-20)18(24)16-8-13-27-14-16/h2-4,6-8,13-14,22H,5,9-12,15H2,1H3,(H,21,25). The van der Waals surface area contributed by atoms with Gasteiger partial charge in [-0.1, -0.05) is 18.2 Å². The number of thiophene rings is 1. The van der Waals surface area contributed by atoms with Crippen LogP contribution < -0.4 is 10.6 Å². The van der Waals surface area contributed by atoms with Crippen LogP contribution in [0.1, 0.15) is 23.2 Å². The van der Waals surface area contributed by atoms with Gasteiger partial charge in [-0.15, -0.1) is 0 Å². The first-order valence-electron chi connectivity index (χ1n) is 9.06. The summed E-state index contributed by atoms with van der Waals surface area (Å²) in [6, 6.07) is 11.5. The number of hydrogen-bond acceptors (Lipinski definition) is 5. The van der Waals surface area contributed by atoms with Crippen molar-refractivity contribution in [2.24, 2.45) is 0 Å². The second kappa shape index (κ2) is 9.01. The molecule has 7 heteroatoms. The Morgan fingerprint density at radius 2 is 2.07 bits per heavy atom. The molecule has 0 bridgehead atoms. The van der Waals surface area contributed by atoms with Gasteiger partial charge in [0, 0.05) is 31.3 Å². The number of likely N-dealkylation sites (tertiary alicyclic amines) is 1. The fourth-order valence-electron chi connectivity index (χ4n) is 3.38. The molecule has 3 rings (SSSR count). The molecule has 0 saturated carbocycles. The van der Waals surface area contributed by atoms with E-state index in [-0.39, 0.29) is 11.8 Å². The van der Waals surface area contributed by atoms with Gasteiger partial charge in [0.15, 0.2) is 0 Å². The molecule has 0 aliphatic carbocycles. The number of carbonyl (C=O) groups excluding carboxylic acids is 2. The van der Waals surface area contributed by atoms with E-state index in [0.717, 1.165) is 12.1 Å². The molecule has 144 valence electrons. The molecule has 1 fully saturated rings. The highest BCUT2D eigenvalue weighted by molar-refractivity contribution is 7.08. The molecule has 1 aromatic heterocycles. The van der Waals surface area contributed by atoms with E-state index in [1.54, 1.807) is 12.0 Å². The highest BCUT2D eigenvalue weighted by atomic mass is 32.1. The van der Waals surface area contributed by atoms with Crippen LogP contribution in [0.4, 0.5) is 5.69 Å². The quantitative estimate of drug-likeness (QED) is 0.717. The topological polar surface area (TPSA) is 70.7 Å². The van der Waals surface area contributed by atoms with Crippen molar-refractivity contribution in [1.29, 1.82) is 0 Å². The van der Waals surface area contributed by atoms with E-state index in [2.05, 4.69) is 10.6 Å². The molecule has 1 aliphatic heterocycles. The normalized spacial score (nSPS) is 19.5. The van der Waals surface area contributed by atoms with Crippen LogP contribution in [0.3, 0.4) is 0 Å². The number of amides is 2. The van der Waals surface area contributed by atoms with Crippen molar-refractivity contribution in [3.8, 4) is 0 Å².